The topological polar surface area (TPSA) is 52.7 Å². The zero-order valence-corrected chi connectivity index (χ0v) is 12.5. The molecule has 1 heterocycles. The third-order valence-electron chi connectivity index (χ3n) is 3.12. The highest BCUT2D eigenvalue weighted by molar-refractivity contribution is 7.86. The summed E-state index contributed by atoms with van der Waals surface area (Å²) in [6, 6.07) is 0.144. The third-order valence-corrected chi connectivity index (χ3v) is 5.12. The van der Waals surface area contributed by atoms with Gasteiger partial charge >= 0.3 is 0 Å². The molecule has 5 nitrogen and oxygen atoms in total. The van der Waals surface area contributed by atoms with Gasteiger partial charge in [-0.05, 0) is 32.4 Å². The fourth-order valence-corrected chi connectivity index (χ4v) is 3.45. The summed E-state index contributed by atoms with van der Waals surface area (Å²) in [4.78, 5) is 0. The molecule has 0 aromatic rings. The molecule has 104 valence electrons. The lowest BCUT2D eigenvalue weighted by Gasteiger charge is -2.33. The fraction of sp³-hybridized carbons (Fsp3) is 1.00. The highest BCUT2D eigenvalue weighted by Crippen LogP contribution is 2.16. The van der Waals surface area contributed by atoms with Gasteiger partial charge in [0.25, 0.3) is 10.2 Å². The van der Waals surface area contributed by atoms with Crippen LogP contribution in [0.2, 0.25) is 0 Å². The molecule has 0 radical (unpaired) electrons. The van der Waals surface area contributed by atoms with E-state index in [1.807, 2.05) is 6.92 Å². The summed E-state index contributed by atoms with van der Waals surface area (Å²) in [5.74, 6) is 0. The van der Waals surface area contributed by atoms with Crippen LogP contribution in [0.3, 0.4) is 0 Å². The Hall–Kier alpha value is 0.120. The quantitative estimate of drug-likeness (QED) is 0.808. The van der Waals surface area contributed by atoms with Crippen molar-refractivity contribution in [2.75, 3.05) is 33.7 Å². The molecule has 0 saturated carbocycles. The summed E-state index contributed by atoms with van der Waals surface area (Å²) >= 11 is 0. The van der Waals surface area contributed by atoms with Crippen LogP contribution in [0.15, 0.2) is 0 Å². The van der Waals surface area contributed by atoms with Crippen LogP contribution in [0.1, 0.15) is 26.2 Å². The molecule has 1 rings (SSSR count). The Bertz CT molecular complexity index is 305. The number of nitrogens with zero attached hydrogens (tertiary/aromatic N) is 2. The normalized spacial score (nSPS) is 18.4. The summed E-state index contributed by atoms with van der Waals surface area (Å²) in [6.07, 6.45) is 2.64. The van der Waals surface area contributed by atoms with E-state index in [1.54, 1.807) is 14.1 Å². The maximum atomic E-state index is 12.2. The standard InChI is InChI=1S/C10H23N3O2S.ClH/c1-4-9-12(2)16(14,15)13(3)10-5-7-11-8-6-10;/h10-11H,4-9H2,1-3H3;1H. The number of rotatable bonds is 5. The fourth-order valence-electron chi connectivity index (χ4n) is 2.01. The van der Waals surface area contributed by atoms with Crippen molar-refractivity contribution in [1.82, 2.24) is 13.9 Å². The second-order valence-electron chi connectivity index (χ2n) is 4.33. The van der Waals surface area contributed by atoms with Gasteiger partial charge in [0.1, 0.15) is 0 Å². The lowest BCUT2D eigenvalue weighted by Crippen LogP contribution is -2.48. The van der Waals surface area contributed by atoms with Crippen molar-refractivity contribution < 1.29 is 8.42 Å². The first-order chi connectivity index (χ1) is 7.50. The Morgan fingerprint density at radius 1 is 1.24 bits per heavy atom. The Kier molecular flexibility index (Phi) is 7.58. The molecular formula is C10H24ClN3O2S. The number of hydrogen-bond acceptors (Lipinski definition) is 3. The van der Waals surface area contributed by atoms with E-state index in [9.17, 15) is 8.42 Å². The van der Waals surface area contributed by atoms with Gasteiger partial charge in [0.2, 0.25) is 0 Å². The van der Waals surface area contributed by atoms with E-state index in [4.69, 9.17) is 0 Å². The van der Waals surface area contributed by atoms with Crippen molar-refractivity contribution in [3.8, 4) is 0 Å². The Morgan fingerprint density at radius 2 is 1.76 bits per heavy atom. The smallest absolute Gasteiger partial charge is 0.281 e. The second kappa shape index (κ2) is 7.53. The highest BCUT2D eigenvalue weighted by Gasteiger charge is 2.30. The molecule has 0 aliphatic carbocycles. The van der Waals surface area contributed by atoms with Gasteiger partial charge in [0.15, 0.2) is 0 Å². The number of halogens is 1. The summed E-state index contributed by atoms with van der Waals surface area (Å²) in [7, 11) is 0.0793. The van der Waals surface area contributed by atoms with E-state index in [0.29, 0.717) is 6.54 Å². The average molecular weight is 286 g/mol. The number of nitrogens with one attached hydrogen (secondary N) is 1. The molecule has 0 spiro atoms. The molecule has 1 N–H and O–H groups in total. The van der Waals surface area contributed by atoms with Gasteiger partial charge in [0.05, 0.1) is 0 Å². The average Bonchev–Trinajstić information content (AvgIpc) is 2.29. The number of piperidine rings is 1. The van der Waals surface area contributed by atoms with Crippen LogP contribution < -0.4 is 5.32 Å². The Morgan fingerprint density at radius 3 is 2.24 bits per heavy atom. The molecule has 7 heteroatoms. The van der Waals surface area contributed by atoms with E-state index in [0.717, 1.165) is 32.4 Å². The number of hydrogen-bond donors (Lipinski definition) is 1. The molecule has 0 atom stereocenters. The van der Waals surface area contributed by atoms with Gasteiger partial charge in [-0.15, -0.1) is 12.4 Å². The molecule has 0 amide bonds. The van der Waals surface area contributed by atoms with E-state index in [-0.39, 0.29) is 18.4 Å². The van der Waals surface area contributed by atoms with Crippen molar-refractivity contribution in [3.05, 3.63) is 0 Å². The van der Waals surface area contributed by atoms with Crippen LogP contribution in [0.4, 0.5) is 0 Å². The van der Waals surface area contributed by atoms with Crippen molar-refractivity contribution in [2.24, 2.45) is 0 Å². The van der Waals surface area contributed by atoms with Gasteiger partial charge in [-0.2, -0.15) is 17.0 Å². The molecule has 1 aliphatic rings. The van der Waals surface area contributed by atoms with Gasteiger partial charge in [0, 0.05) is 26.7 Å². The lowest BCUT2D eigenvalue weighted by molar-refractivity contribution is 0.278. The molecule has 0 bridgehead atoms. The predicted molar refractivity (Wildman–Crippen MR) is 72.7 cm³/mol. The summed E-state index contributed by atoms with van der Waals surface area (Å²) in [5.41, 5.74) is 0. The molecule has 1 aliphatic heterocycles. The first-order valence-electron chi connectivity index (χ1n) is 5.90. The largest absolute Gasteiger partial charge is 0.317 e. The maximum absolute atomic E-state index is 12.2. The van der Waals surface area contributed by atoms with Crippen molar-refractivity contribution in [1.29, 1.82) is 0 Å². The predicted octanol–water partition coefficient (Wildman–Crippen LogP) is 0.679. The van der Waals surface area contributed by atoms with Crippen LogP contribution in [-0.2, 0) is 10.2 Å². The monoisotopic (exact) mass is 285 g/mol. The molecule has 0 unspecified atom stereocenters. The van der Waals surface area contributed by atoms with E-state index in [1.165, 1.54) is 8.61 Å². The van der Waals surface area contributed by atoms with Gasteiger partial charge in [-0.3, -0.25) is 0 Å². The molecule has 1 saturated heterocycles. The van der Waals surface area contributed by atoms with Crippen LogP contribution >= 0.6 is 12.4 Å². The minimum atomic E-state index is -3.26. The van der Waals surface area contributed by atoms with Gasteiger partial charge in [-0.25, -0.2) is 0 Å². The van der Waals surface area contributed by atoms with Gasteiger partial charge in [-0.1, -0.05) is 6.92 Å². The van der Waals surface area contributed by atoms with Crippen LogP contribution in [0.25, 0.3) is 0 Å². The SMILES string of the molecule is CCCN(C)S(=O)(=O)N(C)C1CCNCC1.Cl. The zero-order valence-electron chi connectivity index (χ0n) is 10.8. The third kappa shape index (κ3) is 4.37. The highest BCUT2D eigenvalue weighted by atomic mass is 35.5. The molecule has 0 aromatic carbocycles. The summed E-state index contributed by atoms with van der Waals surface area (Å²) in [5, 5.41) is 3.24. The van der Waals surface area contributed by atoms with Crippen LogP contribution in [-0.4, -0.2) is 56.8 Å². The van der Waals surface area contributed by atoms with E-state index in [2.05, 4.69) is 5.32 Å². The van der Waals surface area contributed by atoms with Crippen molar-refractivity contribution in [2.45, 2.75) is 32.2 Å². The first kappa shape index (κ1) is 17.1. The first-order valence-corrected chi connectivity index (χ1v) is 7.30. The lowest BCUT2D eigenvalue weighted by atomic mass is 10.1. The summed E-state index contributed by atoms with van der Waals surface area (Å²) < 4.78 is 27.3. The second-order valence-corrected chi connectivity index (χ2v) is 6.42. The minimum absolute atomic E-state index is 0. The van der Waals surface area contributed by atoms with Crippen molar-refractivity contribution >= 4 is 22.6 Å². The Balaban J connectivity index is 0.00000256. The zero-order chi connectivity index (χ0) is 12.2. The van der Waals surface area contributed by atoms with Crippen LogP contribution in [0.5, 0.6) is 0 Å². The molecule has 17 heavy (non-hydrogen) atoms. The minimum Gasteiger partial charge on any atom is -0.317 e. The maximum Gasteiger partial charge on any atom is 0.281 e. The summed E-state index contributed by atoms with van der Waals surface area (Å²) in [6.45, 7) is 4.37. The molecule has 0 aromatic heterocycles. The van der Waals surface area contributed by atoms with Gasteiger partial charge < -0.3 is 5.32 Å². The van der Waals surface area contributed by atoms with E-state index >= 15 is 0 Å². The molecule has 1 fully saturated rings. The Labute approximate surface area is 111 Å². The van der Waals surface area contributed by atoms with E-state index < -0.39 is 10.2 Å². The molecular weight excluding hydrogens is 262 g/mol. The van der Waals surface area contributed by atoms with Crippen LogP contribution in [0, 0.1) is 0 Å². The van der Waals surface area contributed by atoms with Crippen molar-refractivity contribution in [3.63, 3.8) is 0 Å².